The summed E-state index contributed by atoms with van der Waals surface area (Å²) in [6.45, 7) is 2.29. The second-order valence-electron chi connectivity index (χ2n) is 7.83. The minimum absolute atomic E-state index is 0.00185. The van der Waals surface area contributed by atoms with Gasteiger partial charge in [0.25, 0.3) is 5.56 Å². The molecule has 1 fully saturated rings. The van der Waals surface area contributed by atoms with Gasteiger partial charge >= 0.3 is 0 Å². The smallest absolute Gasteiger partial charge is 0.267 e. The molecule has 1 saturated heterocycles. The number of nitrogens with one attached hydrogen (secondary N) is 1. The molecular formula is C23H23FN4O4S. The number of para-hydroxylation sites is 1. The Hall–Kier alpha value is -3.37. The van der Waals surface area contributed by atoms with Gasteiger partial charge in [-0.2, -0.15) is 9.40 Å². The summed E-state index contributed by atoms with van der Waals surface area (Å²) in [5.41, 5.74) is 0.942. The van der Waals surface area contributed by atoms with Crippen molar-refractivity contribution in [2.75, 3.05) is 18.4 Å². The average molecular weight is 471 g/mol. The van der Waals surface area contributed by atoms with Gasteiger partial charge in [0, 0.05) is 24.7 Å². The first-order valence-electron chi connectivity index (χ1n) is 10.5. The molecule has 33 heavy (non-hydrogen) atoms. The van der Waals surface area contributed by atoms with Crippen molar-refractivity contribution in [3.8, 4) is 11.3 Å². The third-order valence-electron chi connectivity index (χ3n) is 5.47. The Morgan fingerprint density at radius 1 is 1.09 bits per heavy atom. The second kappa shape index (κ2) is 9.24. The lowest BCUT2D eigenvalue weighted by molar-refractivity contribution is -0.117. The zero-order valence-corrected chi connectivity index (χ0v) is 18.8. The largest absolute Gasteiger partial charge is 0.322 e. The van der Waals surface area contributed by atoms with Gasteiger partial charge in [-0.25, -0.2) is 17.5 Å². The second-order valence-corrected chi connectivity index (χ2v) is 9.74. The van der Waals surface area contributed by atoms with Crippen LogP contribution in [0, 0.1) is 12.7 Å². The van der Waals surface area contributed by atoms with Crippen LogP contribution in [-0.4, -0.2) is 41.5 Å². The van der Waals surface area contributed by atoms with E-state index in [1.807, 2.05) is 0 Å². The van der Waals surface area contributed by atoms with Crippen molar-refractivity contribution >= 4 is 21.6 Å². The van der Waals surface area contributed by atoms with Crippen LogP contribution in [0.2, 0.25) is 0 Å². The van der Waals surface area contributed by atoms with E-state index in [2.05, 4.69) is 10.4 Å². The molecule has 1 aromatic heterocycles. The Morgan fingerprint density at radius 3 is 2.55 bits per heavy atom. The lowest BCUT2D eigenvalue weighted by atomic mass is 10.1. The summed E-state index contributed by atoms with van der Waals surface area (Å²) < 4.78 is 42.4. The van der Waals surface area contributed by atoms with Gasteiger partial charge in [-0.3, -0.25) is 9.59 Å². The molecule has 0 spiro atoms. The molecule has 0 unspecified atom stereocenters. The van der Waals surface area contributed by atoms with E-state index < -0.39 is 33.9 Å². The standard InChI is InChI=1S/C23H23FN4O4S/c1-16-8-9-17(14-21(16)33(31,32)27-12-4-5-13-27)19-10-11-23(30)28(26-19)15-22(29)25-20-7-3-2-6-18(20)24/h2-3,6-11,14H,4-5,12-13,15H2,1H3,(H,25,29). The van der Waals surface area contributed by atoms with E-state index in [4.69, 9.17) is 0 Å². The number of benzene rings is 2. The van der Waals surface area contributed by atoms with Gasteiger partial charge in [0.2, 0.25) is 15.9 Å². The van der Waals surface area contributed by atoms with Gasteiger partial charge in [-0.15, -0.1) is 0 Å². The topological polar surface area (TPSA) is 101 Å². The number of aryl methyl sites for hydroxylation is 1. The summed E-state index contributed by atoms with van der Waals surface area (Å²) in [4.78, 5) is 24.8. The van der Waals surface area contributed by atoms with Gasteiger partial charge in [-0.1, -0.05) is 24.3 Å². The lowest BCUT2D eigenvalue weighted by Crippen LogP contribution is -2.29. The van der Waals surface area contributed by atoms with Crippen LogP contribution in [0.1, 0.15) is 18.4 Å². The monoisotopic (exact) mass is 470 g/mol. The molecule has 8 nitrogen and oxygen atoms in total. The molecule has 10 heteroatoms. The van der Waals surface area contributed by atoms with Crippen molar-refractivity contribution in [2.45, 2.75) is 31.2 Å². The zero-order valence-electron chi connectivity index (χ0n) is 18.0. The molecule has 1 amide bonds. The van der Waals surface area contributed by atoms with E-state index in [-0.39, 0.29) is 10.6 Å². The minimum Gasteiger partial charge on any atom is -0.322 e. The molecule has 0 aliphatic carbocycles. The van der Waals surface area contributed by atoms with Crippen LogP contribution >= 0.6 is 0 Å². The Morgan fingerprint density at radius 2 is 1.82 bits per heavy atom. The van der Waals surface area contributed by atoms with Crippen LogP contribution < -0.4 is 10.9 Å². The summed E-state index contributed by atoms with van der Waals surface area (Å²) in [6, 6.07) is 13.4. The average Bonchev–Trinajstić information content (AvgIpc) is 3.33. The van der Waals surface area contributed by atoms with Crippen molar-refractivity contribution in [3.05, 3.63) is 76.3 Å². The summed E-state index contributed by atoms with van der Waals surface area (Å²) >= 11 is 0. The number of hydrogen-bond acceptors (Lipinski definition) is 5. The lowest BCUT2D eigenvalue weighted by Gasteiger charge is -2.18. The highest BCUT2D eigenvalue weighted by Gasteiger charge is 2.28. The maximum absolute atomic E-state index is 13.8. The maximum atomic E-state index is 13.8. The predicted octanol–water partition coefficient (Wildman–Crippen LogP) is 2.78. The van der Waals surface area contributed by atoms with Gasteiger partial charge in [0.15, 0.2) is 0 Å². The highest BCUT2D eigenvalue weighted by atomic mass is 32.2. The van der Waals surface area contributed by atoms with E-state index >= 15 is 0 Å². The van der Waals surface area contributed by atoms with Crippen molar-refractivity contribution in [1.29, 1.82) is 0 Å². The number of amides is 1. The number of aromatic nitrogens is 2. The molecule has 0 radical (unpaired) electrons. The number of nitrogens with zero attached hydrogens (tertiary/aromatic N) is 3. The Labute approximate surface area is 190 Å². The molecule has 1 aliphatic heterocycles. The van der Waals surface area contributed by atoms with E-state index in [9.17, 15) is 22.4 Å². The van der Waals surface area contributed by atoms with Crippen molar-refractivity contribution in [1.82, 2.24) is 14.1 Å². The third-order valence-corrected chi connectivity index (χ3v) is 7.52. The molecule has 1 aliphatic rings. The summed E-state index contributed by atoms with van der Waals surface area (Å²) in [7, 11) is -3.64. The maximum Gasteiger partial charge on any atom is 0.267 e. The van der Waals surface area contributed by atoms with E-state index in [1.54, 1.807) is 31.2 Å². The fourth-order valence-corrected chi connectivity index (χ4v) is 5.48. The minimum atomic E-state index is -3.64. The first-order valence-corrected chi connectivity index (χ1v) is 11.9. The van der Waals surface area contributed by atoms with Gasteiger partial charge in [0.1, 0.15) is 12.4 Å². The molecule has 2 heterocycles. The van der Waals surface area contributed by atoms with Crippen LogP contribution in [0.4, 0.5) is 10.1 Å². The number of hydrogen-bond donors (Lipinski definition) is 1. The molecule has 4 rings (SSSR count). The first-order chi connectivity index (χ1) is 15.8. The SMILES string of the molecule is Cc1ccc(-c2ccc(=O)n(CC(=O)Nc3ccccc3F)n2)cc1S(=O)(=O)N1CCCC1. The zero-order chi connectivity index (χ0) is 23.6. The Kier molecular flexibility index (Phi) is 6.39. The highest BCUT2D eigenvalue weighted by Crippen LogP contribution is 2.27. The van der Waals surface area contributed by atoms with E-state index in [0.29, 0.717) is 29.9 Å². The van der Waals surface area contributed by atoms with E-state index in [1.165, 1.54) is 34.6 Å². The summed E-state index contributed by atoms with van der Waals surface area (Å²) in [6.07, 6.45) is 1.67. The van der Waals surface area contributed by atoms with Crippen LogP contribution in [0.3, 0.4) is 0 Å². The van der Waals surface area contributed by atoms with Gasteiger partial charge in [0.05, 0.1) is 16.3 Å². The molecule has 1 N–H and O–H groups in total. The molecule has 0 saturated carbocycles. The summed E-state index contributed by atoms with van der Waals surface area (Å²) in [5, 5.41) is 6.65. The number of sulfonamides is 1. The molecule has 2 aromatic carbocycles. The van der Waals surface area contributed by atoms with Crippen LogP contribution in [0.15, 0.2) is 64.3 Å². The molecule has 3 aromatic rings. The molecule has 172 valence electrons. The molecular weight excluding hydrogens is 447 g/mol. The van der Waals surface area contributed by atoms with Gasteiger partial charge in [-0.05, 0) is 49.6 Å². The molecule has 0 atom stereocenters. The normalized spacial score (nSPS) is 14.4. The van der Waals surface area contributed by atoms with Crippen LogP contribution in [0.25, 0.3) is 11.3 Å². The number of carbonyl (C=O) groups is 1. The van der Waals surface area contributed by atoms with E-state index in [0.717, 1.165) is 17.5 Å². The quantitative estimate of drug-likeness (QED) is 0.597. The fraction of sp³-hybridized carbons (Fsp3) is 0.261. The van der Waals surface area contributed by atoms with Crippen molar-refractivity contribution in [3.63, 3.8) is 0 Å². The first kappa shape index (κ1) is 22.8. The number of rotatable bonds is 6. The fourth-order valence-electron chi connectivity index (χ4n) is 3.71. The van der Waals surface area contributed by atoms with Gasteiger partial charge < -0.3 is 5.32 Å². The van der Waals surface area contributed by atoms with Crippen LogP contribution in [0.5, 0.6) is 0 Å². The number of halogens is 1. The van der Waals surface area contributed by atoms with Crippen LogP contribution in [-0.2, 0) is 21.4 Å². The Bertz CT molecular complexity index is 1360. The number of carbonyl (C=O) groups excluding carboxylic acids is 1. The number of anilines is 1. The van der Waals surface area contributed by atoms with Crippen molar-refractivity contribution < 1.29 is 17.6 Å². The summed E-state index contributed by atoms with van der Waals surface area (Å²) in [5.74, 6) is -1.21. The highest BCUT2D eigenvalue weighted by molar-refractivity contribution is 7.89. The Balaban J connectivity index is 1.62. The predicted molar refractivity (Wildman–Crippen MR) is 122 cm³/mol. The third kappa shape index (κ3) is 4.86. The van der Waals surface area contributed by atoms with Crippen molar-refractivity contribution in [2.24, 2.45) is 0 Å². The molecule has 0 bridgehead atoms.